The molecule has 7 aromatic carbocycles. The van der Waals surface area contributed by atoms with E-state index in [9.17, 15) is 0 Å². The first-order valence-electron chi connectivity index (χ1n) is 19.1. The van der Waals surface area contributed by atoms with Crippen molar-refractivity contribution < 1.29 is 0 Å². The summed E-state index contributed by atoms with van der Waals surface area (Å²) in [5.74, 6) is 0.717. The molecule has 0 amide bonds. The Labute approximate surface area is 322 Å². The van der Waals surface area contributed by atoms with Crippen molar-refractivity contribution in [3.8, 4) is 67.3 Å². The maximum absolute atomic E-state index is 5.11. The predicted molar refractivity (Wildman–Crippen MR) is 227 cm³/mol. The highest BCUT2D eigenvalue weighted by molar-refractivity contribution is 5.89. The van der Waals surface area contributed by atoms with E-state index in [2.05, 4.69) is 182 Å². The van der Waals surface area contributed by atoms with Crippen LogP contribution in [0.4, 0.5) is 0 Å². The van der Waals surface area contributed by atoms with Crippen LogP contribution in [-0.4, -0.2) is 9.97 Å². The molecule has 0 aliphatic heterocycles. The fraction of sp³-hybridized carbons (Fsp3) is 0.0566. The van der Waals surface area contributed by atoms with Crippen molar-refractivity contribution in [1.82, 2.24) is 9.97 Å². The molecule has 10 rings (SSSR count). The van der Waals surface area contributed by atoms with E-state index in [1.54, 1.807) is 0 Å². The summed E-state index contributed by atoms with van der Waals surface area (Å²) in [5.41, 5.74) is 17.2. The van der Waals surface area contributed by atoms with Crippen LogP contribution >= 0.6 is 0 Å². The summed E-state index contributed by atoms with van der Waals surface area (Å²) in [6.07, 6.45) is 9.30. The molecule has 0 bridgehead atoms. The Morgan fingerprint density at radius 2 is 0.927 bits per heavy atom. The number of benzene rings is 7. The highest BCUT2D eigenvalue weighted by atomic mass is 14.9. The zero-order valence-electron chi connectivity index (χ0n) is 30.4. The third-order valence-electron chi connectivity index (χ3n) is 11.2. The summed E-state index contributed by atoms with van der Waals surface area (Å²) in [7, 11) is 0. The molecule has 1 atom stereocenters. The van der Waals surface area contributed by atoms with Gasteiger partial charge in [0.05, 0.1) is 16.8 Å². The zero-order valence-corrected chi connectivity index (χ0v) is 30.4. The molecule has 0 saturated heterocycles. The minimum absolute atomic E-state index is 0.388. The minimum atomic E-state index is -0.388. The topological polar surface area (TPSA) is 25.8 Å². The molecule has 2 aliphatic rings. The Morgan fingerprint density at radius 1 is 0.382 bits per heavy atom. The van der Waals surface area contributed by atoms with Crippen LogP contribution in [0, 0.1) is 0 Å². The van der Waals surface area contributed by atoms with E-state index < -0.39 is 0 Å². The lowest BCUT2D eigenvalue weighted by Gasteiger charge is -2.35. The van der Waals surface area contributed by atoms with Gasteiger partial charge in [-0.25, -0.2) is 9.97 Å². The SMILES string of the molecule is C1=CC(C2(c3ccccc3)c3ccccc3-c3ccc(-c4cccc(-c5cccc(-c6cc(-c7ccccc7)nc(-c7ccccc7)n6)c5)c4)cc32)=CCC1. The van der Waals surface area contributed by atoms with Crippen LogP contribution < -0.4 is 0 Å². The smallest absolute Gasteiger partial charge is 0.160 e. The maximum atomic E-state index is 5.11. The van der Waals surface area contributed by atoms with Crippen LogP contribution in [-0.2, 0) is 5.41 Å². The van der Waals surface area contributed by atoms with Crippen molar-refractivity contribution in [2.24, 2.45) is 0 Å². The van der Waals surface area contributed by atoms with Crippen LogP contribution in [0.3, 0.4) is 0 Å². The Bertz CT molecular complexity index is 2690. The van der Waals surface area contributed by atoms with E-state index in [1.807, 2.05) is 24.3 Å². The molecule has 8 aromatic rings. The van der Waals surface area contributed by atoms with Gasteiger partial charge in [0.25, 0.3) is 0 Å². The highest BCUT2D eigenvalue weighted by Crippen LogP contribution is 2.57. The van der Waals surface area contributed by atoms with Gasteiger partial charge in [-0.1, -0.05) is 182 Å². The standard InChI is InChI=1S/C53H38N2/c1-5-17-37(18-6-1)50-36-51(55-52(54-50)38-19-7-2-8-20-38)43-24-16-23-41(34-43)39-21-15-22-40(33-39)42-31-32-47-46-29-13-14-30-48(46)53(49(47)35-42,44-25-9-3-10-26-44)45-27-11-4-12-28-45/h1-3,5-11,13-36H,4,12H2. The molecule has 1 unspecified atom stereocenters. The summed E-state index contributed by atoms with van der Waals surface area (Å²) in [6, 6.07) is 67.6. The Balaban J connectivity index is 1.08. The maximum Gasteiger partial charge on any atom is 0.160 e. The number of nitrogens with zero attached hydrogens (tertiary/aromatic N) is 2. The Morgan fingerprint density at radius 3 is 1.62 bits per heavy atom. The Kier molecular flexibility index (Phi) is 8.22. The third-order valence-corrected chi connectivity index (χ3v) is 11.2. The molecule has 0 saturated carbocycles. The van der Waals surface area contributed by atoms with Crippen molar-refractivity contribution in [1.29, 1.82) is 0 Å². The second kappa shape index (κ2) is 13.8. The molecule has 260 valence electrons. The fourth-order valence-corrected chi connectivity index (χ4v) is 8.63. The lowest BCUT2D eigenvalue weighted by atomic mass is 9.66. The van der Waals surface area contributed by atoms with E-state index in [1.165, 1.54) is 44.5 Å². The summed E-state index contributed by atoms with van der Waals surface area (Å²) in [4.78, 5) is 10.1. The van der Waals surface area contributed by atoms with E-state index in [0.29, 0.717) is 5.82 Å². The van der Waals surface area contributed by atoms with Crippen LogP contribution in [0.2, 0.25) is 0 Å². The van der Waals surface area contributed by atoms with Gasteiger partial charge < -0.3 is 0 Å². The molecule has 0 N–H and O–H groups in total. The molecule has 55 heavy (non-hydrogen) atoms. The number of allylic oxidation sites excluding steroid dienone is 4. The van der Waals surface area contributed by atoms with Gasteiger partial charge in [-0.15, -0.1) is 0 Å². The second-order valence-electron chi connectivity index (χ2n) is 14.4. The van der Waals surface area contributed by atoms with Crippen molar-refractivity contribution in [2.45, 2.75) is 18.3 Å². The summed E-state index contributed by atoms with van der Waals surface area (Å²) in [5, 5.41) is 0. The van der Waals surface area contributed by atoms with E-state index in [4.69, 9.17) is 9.97 Å². The van der Waals surface area contributed by atoms with Gasteiger partial charge in [0, 0.05) is 16.7 Å². The first kappa shape index (κ1) is 32.7. The molecule has 0 spiro atoms. The summed E-state index contributed by atoms with van der Waals surface area (Å²) in [6.45, 7) is 0. The van der Waals surface area contributed by atoms with Gasteiger partial charge in [0.2, 0.25) is 0 Å². The number of aromatic nitrogens is 2. The van der Waals surface area contributed by atoms with Crippen molar-refractivity contribution in [3.63, 3.8) is 0 Å². The third kappa shape index (κ3) is 5.75. The molecule has 2 aliphatic carbocycles. The van der Waals surface area contributed by atoms with Gasteiger partial charge in [-0.3, -0.25) is 0 Å². The zero-order chi connectivity index (χ0) is 36.6. The normalized spacial score (nSPS) is 15.6. The van der Waals surface area contributed by atoms with Crippen LogP contribution in [0.15, 0.2) is 212 Å². The van der Waals surface area contributed by atoms with Gasteiger partial charge in [0.15, 0.2) is 5.82 Å². The molecule has 1 aromatic heterocycles. The number of fused-ring (bicyclic) bond motifs is 3. The molecule has 1 heterocycles. The second-order valence-corrected chi connectivity index (χ2v) is 14.4. The average molecular weight is 703 g/mol. The molecule has 2 heteroatoms. The van der Waals surface area contributed by atoms with Crippen LogP contribution in [0.5, 0.6) is 0 Å². The van der Waals surface area contributed by atoms with Gasteiger partial charge in [0.1, 0.15) is 0 Å². The number of hydrogen-bond donors (Lipinski definition) is 0. The van der Waals surface area contributed by atoms with Gasteiger partial charge >= 0.3 is 0 Å². The highest BCUT2D eigenvalue weighted by Gasteiger charge is 2.46. The predicted octanol–water partition coefficient (Wildman–Crippen LogP) is 13.4. The first-order valence-corrected chi connectivity index (χ1v) is 19.1. The number of rotatable bonds is 7. The molecule has 0 radical (unpaired) electrons. The monoisotopic (exact) mass is 702 g/mol. The van der Waals surface area contributed by atoms with Crippen LogP contribution in [0.25, 0.3) is 67.3 Å². The quantitative estimate of drug-likeness (QED) is 0.165. The lowest BCUT2D eigenvalue weighted by molar-refractivity contribution is 0.752. The first-order chi connectivity index (χ1) is 27.3. The molecule has 0 fully saturated rings. The van der Waals surface area contributed by atoms with Crippen molar-refractivity contribution >= 4 is 0 Å². The van der Waals surface area contributed by atoms with Crippen molar-refractivity contribution in [2.75, 3.05) is 0 Å². The van der Waals surface area contributed by atoms with Gasteiger partial charge in [-0.05, 0) is 92.8 Å². The van der Waals surface area contributed by atoms with Crippen LogP contribution in [0.1, 0.15) is 29.5 Å². The van der Waals surface area contributed by atoms with E-state index in [0.717, 1.165) is 52.0 Å². The van der Waals surface area contributed by atoms with E-state index >= 15 is 0 Å². The van der Waals surface area contributed by atoms with Crippen molar-refractivity contribution in [3.05, 3.63) is 229 Å². The van der Waals surface area contributed by atoms with E-state index in [-0.39, 0.29) is 5.41 Å². The summed E-state index contributed by atoms with van der Waals surface area (Å²) >= 11 is 0. The largest absolute Gasteiger partial charge is 0.228 e. The summed E-state index contributed by atoms with van der Waals surface area (Å²) < 4.78 is 0. The molecular weight excluding hydrogens is 665 g/mol. The molecular formula is C53H38N2. The average Bonchev–Trinajstić information content (AvgIpc) is 3.58. The van der Waals surface area contributed by atoms with Gasteiger partial charge in [-0.2, -0.15) is 0 Å². The molecule has 2 nitrogen and oxygen atoms in total. The number of hydrogen-bond acceptors (Lipinski definition) is 2. The fourth-order valence-electron chi connectivity index (χ4n) is 8.63. The lowest BCUT2D eigenvalue weighted by Crippen LogP contribution is -2.29. The minimum Gasteiger partial charge on any atom is -0.228 e. The Hall–Kier alpha value is -6.90.